The number of fused-ring (bicyclic) bond motifs is 6. The number of nitrogens with zero attached hydrogens (tertiary/aromatic N) is 3. The van der Waals surface area contributed by atoms with Crippen molar-refractivity contribution in [1.82, 2.24) is 14.9 Å². The lowest BCUT2D eigenvalue weighted by atomic mass is 9.77. The average Bonchev–Trinajstić information content (AvgIpc) is 1.62. The normalized spacial score (nSPS) is 15.1. The summed E-state index contributed by atoms with van der Waals surface area (Å²) in [6.45, 7) is 21.0. The number of piperidine rings is 1. The van der Waals surface area contributed by atoms with Crippen molar-refractivity contribution in [3.05, 3.63) is 178 Å². The first-order chi connectivity index (χ1) is 44.4. The van der Waals surface area contributed by atoms with E-state index in [1.807, 2.05) is 71.6 Å². The Labute approximate surface area is 548 Å². The minimum Gasteiger partial charge on any atom is -0.497 e. The average molecular weight is 1290 g/mol. The highest BCUT2D eigenvalue weighted by molar-refractivity contribution is 7.44. The molecule has 19 heteroatoms. The summed E-state index contributed by atoms with van der Waals surface area (Å²) < 4.78 is 58.8. The van der Waals surface area contributed by atoms with Crippen LogP contribution in [0.3, 0.4) is 0 Å². The molecule has 492 valence electrons. The van der Waals surface area contributed by atoms with Crippen LogP contribution < -0.4 is 29.0 Å². The van der Waals surface area contributed by atoms with Gasteiger partial charge in [-0.15, -0.1) is 0 Å². The number of carbonyl (C=O) groups excluding carboxylic acids is 5. The van der Waals surface area contributed by atoms with Crippen LogP contribution in [0, 0.1) is 27.6 Å². The highest BCUT2D eigenvalue weighted by atomic mass is 31.2. The monoisotopic (exact) mass is 1290 g/mol. The first-order valence-electron chi connectivity index (χ1n) is 31.9. The van der Waals surface area contributed by atoms with Gasteiger partial charge in [-0.2, -0.15) is 5.26 Å². The third-order valence-electron chi connectivity index (χ3n) is 17.1. The number of methoxy groups -OCH3 is 2. The Bertz CT molecular complexity index is 3540. The second kappa shape index (κ2) is 29.4. The van der Waals surface area contributed by atoms with Crippen LogP contribution in [-0.2, 0) is 44.1 Å². The van der Waals surface area contributed by atoms with Gasteiger partial charge in [0.05, 0.1) is 62.9 Å². The standard InChI is InChI=1S/C74H87N4O14P/c1-49(2)78(50(3)4)93(87-43-19-39-75)88-48-72(47-86-73(52-20-15-13-16-21-52,53-24-28-55(84-11)29-25-53)54-26-30-56(85-12)31-27-54)37-41-77(42-38-72)65(79)22-17-14-18-40-76-66(80)51-23-34-60-59(44-51)67(81)92-74(60)61-35-32-57(89-68(82)70(5,6)7)45-63(61)91-64-46-58(33-36-62(64)74)90-69(83)71(8,9)10/h13,15-16,20-21,23-36,44-46,49-50H,14,17-19,22,37-38,40-43,47-48H2,1-12H3,(H,76,80). The van der Waals surface area contributed by atoms with E-state index in [0.717, 1.165) is 16.7 Å². The second-order valence-corrected chi connectivity index (χ2v) is 28.0. The van der Waals surface area contributed by atoms with Gasteiger partial charge in [-0.25, -0.2) is 9.46 Å². The minimum atomic E-state index is -1.59. The SMILES string of the molecule is COc1ccc(C(OCC2(COP(OCCC#N)N(C(C)C)C(C)C)CCN(C(=O)CCCCCNC(=O)c3ccc4c(c3)C(=O)OC43c4ccc(OC(=O)C(C)(C)C)cc4Oc4cc(OC(=O)C(C)(C)C)ccc43)CC2)(c2ccccc2)c2ccc(OC)cc2)cc1. The molecule has 1 atom stereocenters. The predicted octanol–water partition coefficient (Wildman–Crippen LogP) is 14.4. The van der Waals surface area contributed by atoms with E-state index in [0.29, 0.717) is 86.3 Å². The van der Waals surface area contributed by atoms with Crippen LogP contribution in [-0.4, -0.2) is 105 Å². The molecule has 1 N–H and O–H groups in total. The number of esters is 3. The maximum atomic E-state index is 14.1. The van der Waals surface area contributed by atoms with Crippen LogP contribution in [0.25, 0.3) is 0 Å². The lowest BCUT2D eigenvalue weighted by molar-refractivity contribution is -0.143. The first-order valence-corrected chi connectivity index (χ1v) is 33.0. The largest absolute Gasteiger partial charge is 0.497 e. The van der Waals surface area contributed by atoms with Gasteiger partial charge >= 0.3 is 17.9 Å². The van der Waals surface area contributed by atoms with Crippen molar-refractivity contribution < 1.29 is 66.2 Å². The molecule has 9 rings (SSSR count). The lowest BCUT2D eigenvalue weighted by Crippen LogP contribution is -2.48. The zero-order valence-electron chi connectivity index (χ0n) is 55.6. The highest BCUT2D eigenvalue weighted by Crippen LogP contribution is 2.58. The number of nitrogens with one attached hydrogen (secondary N) is 1. The third-order valence-corrected chi connectivity index (χ3v) is 19.2. The van der Waals surface area contributed by atoms with Crippen molar-refractivity contribution in [2.75, 3.05) is 53.7 Å². The van der Waals surface area contributed by atoms with Crippen molar-refractivity contribution in [3.8, 4) is 40.6 Å². The molecule has 3 heterocycles. The molecule has 3 aliphatic heterocycles. The van der Waals surface area contributed by atoms with Gasteiger partial charge in [-0.3, -0.25) is 19.2 Å². The summed E-state index contributed by atoms with van der Waals surface area (Å²) in [6.07, 6.45) is 3.60. The van der Waals surface area contributed by atoms with Gasteiger partial charge in [0.2, 0.25) is 5.91 Å². The number of nitriles is 1. The predicted molar refractivity (Wildman–Crippen MR) is 353 cm³/mol. The topological polar surface area (TPSA) is 211 Å². The molecule has 0 radical (unpaired) electrons. The number of hydrogen-bond acceptors (Lipinski definition) is 16. The summed E-state index contributed by atoms with van der Waals surface area (Å²) in [5.74, 6) is 0.414. The Morgan fingerprint density at radius 1 is 0.656 bits per heavy atom. The molecule has 6 aromatic carbocycles. The van der Waals surface area contributed by atoms with E-state index in [1.54, 1.807) is 104 Å². The molecule has 1 fully saturated rings. The van der Waals surface area contributed by atoms with Crippen LogP contribution in [0.4, 0.5) is 0 Å². The van der Waals surface area contributed by atoms with E-state index in [2.05, 4.69) is 55.9 Å². The van der Waals surface area contributed by atoms with Crippen LogP contribution in [0.15, 0.2) is 133 Å². The number of unbranched alkanes of at least 4 members (excludes halogenated alkanes) is 2. The molecule has 1 saturated heterocycles. The summed E-state index contributed by atoms with van der Waals surface area (Å²) >= 11 is 0. The molecule has 0 aromatic heterocycles. The van der Waals surface area contributed by atoms with Gasteiger partial charge in [-0.1, -0.05) is 67.1 Å². The minimum absolute atomic E-state index is 0.0452. The number of hydrogen-bond donors (Lipinski definition) is 1. The number of benzene rings is 6. The summed E-state index contributed by atoms with van der Waals surface area (Å²) in [5.41, 5.74) is -0.296. The smallest absolute Gasteiger partial charge is 0.340 e. The molecule has 2 amide bonds. The Hall–Kier alpha value is -8.17. The van der Waals surface area contributed by atoms with Crippen molar-refractivity contribution in [1.29, 1.82) is 5.26 Å². The number of ether oxygens (including phenoxy) is 7. The fraction of sp³-hybridized carbons (Fsp3) is 0.432. The summed E-state index contributed by atoms with van der Waals surface area (Å²) in [5, 5.41) is 12.5. The van der Waals surface area contributed by atoms with Crippen LogP contribution in [0.2, 0.25) is 0 Å². The summed E-state index contributed by atoms with van der Waals surface area (Å²) in [6, 6.07) is 43.0. The number of amides is 2. The van der Waals surface area contributed by atoms with Crippen molar-refractivity contribution in [2.45, 2.75) is 137 Å². The summed E-state index contributed by atoms with van der Waals surface area (Å²) in [4.78, 5) is 70.0. The van der Waals surface area contributed by atoms with Crippen LogP contribution in [0.5, 0.6) is 34.5 Å². The quantitative estimate of drug-likeness (QED) is 0.0176. The molecule has 0 saturated carbocycles. The summed E-state index contributed by atoms with van der Waals surface area (Å²) in [7, 11) is 1.70. The molecule has 1 spiro atoms. The van der Waals surface area contributed by atoms with Crippen LogP contribution in [0.1, 0.15) is 168 Å². The van der Waals surface area contributed by atoms with E-state index in [9.17, 15) is 29.2 Å². The molecular formula is C74H87N4O14P. The number of likely N-dealkylation sites (tertiary alicyclic amines) is 1. The number of rotatable bonds is 26. The zero-order chi connectivity index (χ0) is 66.9. The molecule has 1 unspecified atom stereocenters. The number of carbonyl (C=O) groups is 5. The van der Waals surface area contributed by atoms with Crippen LogP contribution >= 0.6 is 8.53 Å². The van der Waals surface area contributed by atoms with Crippen molar-refractivity contribution in [2.24, 2.45) is 16.2 Å². The molecule has 0 bridgehead atoms. The van der Waals surface area contributed by atoms with E-state index >= 15 is 0 Å². The maximum absolute atomic E-state index is 14.1. The Morgan fingerprint density at radius 3 is 1.70 bits per heavy atom. The molecule has 6 aromatic rings. The Balaban J connectivity index is 0.875. The molecule has 18 nitrogen and oxygen atoms in total. The molecule has 93 heavy (non-hydrogen) atoms. The lowest BCUT2D eigenvalue weighted by Gasteiger charge is -2.45. The maximum Gasteiger partial charge on any atom is 0.340 e. The Morgan fingerprint density at radius 2 is 1.18 bits per heavy atom. The molecule has 3 aliphatic rings. The van der Waals surface area contributed by atoms with Gasteiger partial charge in [0.1, 0.15) is 40.1 Å². The van der Waals surface area contributed by atoms with E-state index in [-0.39, 0.29) is 84.3 Å². The first kappa shape index (κ1) is 69.2. The van der Waals surface area contributed by atoms with E-state index in [4.69, 9.17) is 42.2 Å². The molecular weight excluding hydrogens is 1200 g/mol. The van der Waals surface area contributed by atoms with Gasteiger partial charge in [-0.05, 0) is 172 Å². The van der Waals surface area contributed by atoms with Gasteiger partial charge in [0.15, 0.2) is 5.60 Å². The molecule has 0 aliphatic carbocycles. The van der Waals surface area contributed by atoms with Crippen molar-refractivity contribution in [3.63, 3.8) is 0 Å². The van der Waals surface area contributed by atoms with E-state index in [1.165, 1.54) is 6.07 Å². The van der Waals surface area contributed by atoms with Crippen molar-refractivity contribution >= 4 is 38.2 Å². The zero-order valence-corrected chi connectivity index (χ0v) is 56.4. The van der Waals surface area contributed by atoms with E-state index < -0.39 is 53.9 Å². The van der Waals surface area contributed by atoms with Gasteiger partial charge in [0, 0.05) is 77.9 Å². The van der Waals surface area contributed by atoms with Gasteiger partial charge in [0.25, 0.3) is 14.4 Å². The van der Waals surface area contributed by atoms with Gasteiger partial charge < -0.3 is 52.4 Å². The highest BCUT2D eigenvalue weighted by Gasteiger charge is 2.54. The Kier molecular flexibility index (Phi) is 21.9. The fourth-order valence-corrected chi connectivity index (χ4v) is 13.6. The second-order valence-electron chi connectivity index (χ2n) is 26.6. The third kappa shape index (κ3) is 15.4. The fourth-order valence-electron chi connectivity index (χ4n) is 11.9.